The van der Waals surface area contributed by atoms with Gasteiger partial charge in [-0.3, -0.25) is 0 Å². The molecule has 3 aliphatic rings. The Bertz CT molecular complexity index is 2020. The Balaban J connectivity index is 1.42. The molecule has 4 heteroatoms. The van der Waals surface area contributed by atoms with E-state index in [1.165, 1.54) is 86.9 Å². The van der Waals surface area contributed by atoms with Gasteiger partial charge in [0.1, 0.15) is 0 Å². The summed E-state index contributed by atoms with van der Waals surface area (Å²) in [7, 11) is 17.8. The molecule has 0 N–H and O–H groups in total. The second-order valence-corrected chi connectivity index (χ2v) is 60.6. The summed E-state index contributed by atoms with van der Waals surface area (Å²) < 4.78 is 0.237. The fourth-order valence-corrected chi connectivity index (χ4v) is 41.3. The number of allylic oxidation sites excluding steroid dienone is 2. The summed E-state index contributed by atoms with van der Waals surface area (Å²) in [5.74, 6) is 0.167. The summed E-state index contributed by atoms with van der Waals surface area (Å²) in [6.45, 7) is 21.2. The first-order chi connectivity index (χ1) is 24.6. The van der Waals surface area contributed by atoms with E-state index in [4.69, 9.17) is 17.0 Å². The molecule has 1 fully saturated rings. The third-order valence-corrected chi connectivity index (χ3v) is 65.1. The van der Waals surface area contributed by atoms with Crippen molar-refractivity contribution in [2.75, 3.05) is 0 Å². The maximum absolute atomic E-state index is 8.89. The van der Waals surface area contributed by atoms with E-state index in [0.717, 1.165) is 12.3 Å². The number of rotatable bonds is 8. The number of fused-ring (bicyclic) bond motifs is 2. The Morgan fingerprint density at radius 2 is 1.23 bits per heavy atom. The zero-order valence-corrected chi connectivity index (χ0v) is 38.1. The second kappa shape index (κ2) is 14.3. The van der Waals surface area contributed by atoms with Crippen molar-refractivity contribution < 1.29 is 15.6 Å². The van der Waals surface area contributed by atoms with Gasteiger partial charge in [0.05, 0.1) is 0 Å². The third kappa shape index (κ3) is 6.48. The monoisotopic (exact) mass is 823 g/mol. The Morgan fingerprint density at radius 3 is 1.73 bits per heavy atom. The molecule has 0 aromatic heterocycles. The van der Waals surface area contributed by atoms with Crippen LogP contribution in [-0.4, -0.2) is 5.92 Å². The van der Waals surface area contributed by atoms with Crippen molar-refractivity contribution in [2.24, 2.45) is 11.8 Å². The van der Waals surface area contributed by atoms with Crippen molar-refractivity contribution in [3.05, 3.63) is 129 Å². The molecule has 0 nitrogen and oxygen atoms in total. The molecule has 4 aromatic carbocycles. The molecule has 2 atom stereocenters. The molecular weight excluding hydrogens is 767 g/mol. The van der Waals surface area contributed by atoms with Crippen LogP contribution in [0.4, 0.5) is 0 Å². The molecule has 52 heavy (non-hydrogen) atoms. The molecule has 7 rings (SSSR count). The molecule has 1 saturated carbocycles. The van der Waals surface area contributed by atoms with E-state index < -0.39 is 21.5 Å². The van der Waals surface area contributed by atoms with Gasteiger partial charge >= 0.3 is 326 Å². The average molecular weight is 826 g/mol. The van der Waals surface area contributed by atoms with Crippen LogP contribution in [0, 0.1) is 11.8 Å². The number of halogens is 2. The first-order valence-corrected chi connectivity index (χ1v) is 36.4. The summed E-state index contributed by atoms with van der Waals surface area (Å²) >= 11 is -4.91. The van der Waals surface area contributed by atoms with Gasteiger partial charge in [-0.2, -0.15) is 0 Å². The Morgan fingerprint density at radius 1 is 0.712 bits per heavy atom. The first-order valence-electron chi connectivity index (χ1n) is 20.1. The fourth-order valence-electron chi connectivity index (χ4n) is 9.94. The van der Waals surface area contributed by atoms with E-state index in [-0.39, 0.29) is 12.7 Å². The summed E-state index contributed by atoms with van der Waals surface area (Å²) in [4.78, 5) is 0. The standard InChI is InChI=1S/C26H31.C20H21.C2H7Si.2ClH.Zr/c1-18-8-10-19(11-9-18)22-16-21-6-5-7-24(25(21)17-22)20-12-14-23(15-13-20)26(2,3)4;1-4-15-12-18-6-5-7-19(20(18)13-15)17-10-8-16(9-11-17)14(2)3;1-3-2;;;/h5-7,12-19H,8-11H2,1-4H3;5-14H,4H2,1-3H3;3H,1-2H3;2*1H;/q;;;;;+2/p-2. The third-order valence-electron chi connectivity index (χ3n) is 13.3. The zero-order valence-electron chi connectivity index (χ0n) is 33.0. The van der Waals surface area contributed by atoms with E-state index in [1.807, 2.05) is 0 Å². The quantitative estimate of drug-likeness (QED) is 0.155. The molecule has 0 saturated heterocycles. The van der Waals surface area contributed by atoms with Crippen LogP contribution in [-0.2, 0) is 21.0 Å². The molecule has 273 valence electrons. The summed E-state index contributed by atoms with van der Waals surface area (Å²) in [5, 5.41) is 0. The summed E-state index contributed by atoms with van der Waals surface area (Å²) in [6.07, 6.45) is 11.1. The first kappa shape index (κ1) is 38.3. The number of benzene rings is 4. The Kier molecular flexibility index (Phi) is 10.5. The molecule has 0 radical (unpaired) electrons. The number of hydrogen-bond acceptors (Lipinski definition) is 0. The van der Waals surface area contributed by atoms with E-state index >= 15 is 0 Å². The van der Waals surface area contributed by atoms with Crippen LogP contribution in [0.1, 0.15) is 127 Å². The van der Waals surface area contributed by atoms with E-state index in [1.54, 1.807) is 5.57 Å². The van der Waals surface area contributed by atoms with Gasteiger partial charge in [0.2, 0.25) is 0 Å². The predicted octanol–water partition coefficient (Wildman–Crippen LogP) is 15.2. The van der Waals surface area contributed by atoms with Crippen LogP contribution in [0.3, 0.4) is 0 Å². The van der Waals surface area contributed by atoms with Gasteiger partial charge in [0.15, 0.2) is 0 Å². The molecule has 0 heterocycles. The molecule has 0 spiro atoms. The van der Waals surface area contributed by atoms with E-state index in [0.29, 0.717) is 11.8 Å². The predicted molar refractivity (Wildman–Crippen MR) is 230 cm³/mol. The van der Waals surface area contributed by atoms with Crippen LogP contribution in [0.25, 0.3) is 34.4 Å². The van der Waals surface area contributed by atoms with Crippen LogP contribution in [0.15, 0.2) is 96.1 Å². The van der Waals surface area contributed by atoms with Gasteiger partial charge < -0.3 is 0 Å². The molecular formula is C48H59Cl2SiZr. The van der Waals surface area contributed by atoms with Crippen molar-refractivity contribution in [1.29, 1.82) is 0 Å². The van der Waals surface area contributed by atoms with Gasteiger partial charge in [0.25, 0.3) is 0 Å². The van der Waals surface area contributed by atoms with Crippen molar-refractivity contribution in [3.63, 3.8) is 0 Å². The SMILES string of the molecule is CCC1=Cc2c(-c3ccc(C(C)C)cc3)cccc2[CH]1[Zr]([Cl])([Cl])([CH]1C(C2CCC(C)CC2)=Cc2c(-c3ccc(C(C)(C)C)cc3)cccc21)[SiH](C)C. The average Bonchev–Trinajstić information content (AvgIpc) is 3.72. The topological polar surface area (TPSA) is 0 Å². The molecule has 3 aliphatic carbocycles. The van der Waals surface area contributed by atoms with E-state index in [2.05, 4.69) is 159 Å². The fraction of sp³-hybridized carbons (Fsp3) is 0.417. The van der Waals surface area contributed by atoms with Crippen molar-refractivity contribution in [2.45, 2.75) is 112 Å². The molecule has 0 bridgehead atoms. The second-order valence-electron chi connectivity index (χ2n) is 18.1. The van der Waals surface area contributed by atoms with Gasteiger partial charge in [-0.1, -0.05) is 0 Å². The molecule has 2 unspecified atom stereocenters. The van der Waals surface area contributed by atoms with E-state index in [9.17, 15) is 0 Å². The van der Waals surface area contributed by atoms with Crippen molar-refractivity contribution in [3.8, 4) is 22.3 Å². The normalized spacial score (nSPS) is 22.5. The molecule has 0 amide bonds. The molecule has 4 aromatic rings. The van der Waals surface area contributed by atoms with Crippen molar-refractivity contribution >= 4 is 35.1 Å². The van der Waals surface area contributed by atoms with Gasteiger partial charge in [0, 0.05) is 0 Å². The number of hydrogen-bond donors (Lipinski definition) is 0. The van der Waals surface area contributed by atoms with Crippen molar-refractivity contribution in [1.82, 2.24) is 0 Å². The Hall–Kier alpha value is -1.96. The maximum atomic E-state index is 8.89. The minimum atomic E-state index is -4.91. The summed E-state index contributed by atoms with van der Waals surface area (Å²) in [6, 6.07) is 32.6. The minimum absolute atomic E-state index is 0.114. The van der Waals surface area contributed by atoms with Gasteiger partial charge in [-0.15, -0.1) is 0 Å². The Labute approximate surface area is 323 Å². The molecule has 0 aliphatic heterocycles. The van der Waals surface area contributed by atoms with Gasteiger partial charge in [-0.25, -0.2) is 0 Å². The summed E-state index contributed by atoms with van der Waals surface area (Å²) in [5.41, 5.74) is 16.6. The van der Waals surface area contributed by atoms with Crippen LogP contribution < -0.4 is 0 Å². The van der Waals surface area contributed by atoms with Crippen LogP contribution in [0.2, 0.25) is 13.1 Å². The zero-order chi connectivity index (χ0) is 37.2. The van der Waals surface area contributed by atoms with Crippen LogP contribution >= 0.6 is 17.0 Å². The van der Waals surface area contributed by atoms with Crippen LogP contribution in [0.5, 0.6) is 0 Å². The van der Waals surface area contributed by atoms with Gasteiger partial charge in [-0.05, 0) is 0 Å².